The minimum absolute atomic E-state index is 0.126. The summed E-state index contributed by atoms with van der Waals surface area (Å²) in [6, 6.07) is 6.02. The molecule has 8 nitrogen and oxygen atoms in total. The van der Waals surface area contributed by atoms with Gasteiger partial charge in [-0.1, -0.05) is 6.07 Å². The number of nitrogens with one attached hydrogen (secondary N) is 2. The maximum absolute atomic E-state index is 12.3. The number of benzene rings is 1. The van der Waals surface area contributed by atoms with Crippen LogP contribution >= 0.6 is 11.3 Å². The van der Waals surface area contributed by atoms with Crippen molar-refractivity contribution in [1.29, 1.82) is 0 Å². The molecular formula is C19H21N3O5S. The number of carbonyl (C=O) groups excluding carboxylic acids is 3. The zero-order valence-corrected chi connectivity index (χ0v) is 16.4. The number of ether oxygens (including phenoxy) is 2. The molecule has 0 saturated heterocycles. The van der Waals surface area contributed by atoms with Crippen molar-refractivity contribution in [2.45, 2.75) is 45.4 Å². The number of imide groups is 1. The maximum atomic E-state index is 12.3. The molecule has 28 heavy (non-hydrogen) atoms. The Morgan fingerprint density at radius 2 is 2.11 bits per heavy atom. The topological polar surface area (TPSA) is 107 Å². The van der Waals surface area contributed by atoms with E-state index in [0.29, 0.717) is 5.75 Å². The summed E-state index contributed by atoms with van der Waals surface area (Å²) in [7, 11) is 0. The molecule has 1 saturated carbocycles. The van der Waals surface area contributed by atoms with Crippen molar-refractivity contribution >= 4 is 29.2 Å². The van der Waals surface area contributed by atoms with Crippen LogP contribution in [-0.2, 0) is 16.1 Å². The molecule has 0 spiro atoms. The second-order valence-corrected chi connectivity index (χ2v) is 7.52. The number of hydrogen-bond acceptors (Lipinski definition) is 7. The monoisotopic (exact) mass is 403 g/mol. The minimum Gasteiger partial charge on any atom is -0.487 e. The predicted octanol–water partition coefficient (Wildman–Crippen LogP) is 2.56. The molecule has 2 N–H and O–H groups in total. The van der Waals surface area contributed by atoms with Gasteiger partial charge in [0.05, 0.1) is 16.3 Å². The van der Waals surface area contributed by atoms with Crippen molar-refractivity contribution < 1.29 is 23.9 Å². The third kappa shape index (κ3) is 5.78. The molecule has 1 unspecified atom stereocenters. The molecule has 0 radical (unpaired) electrons. The molecule has 1 fully saturated rings. The summed E-state index contributed by atoms with van der Waals surface area (Å²) < 4.78 is 10.8. The quantitative estimate of drug-likeness (QED) is 0.688. The van der Waals surface area contributed by atoms with Gasteiger partial charge < -0.3 is 14.8 Å². The zero-order valence-electron chi connectivity index (χ0n) is 15.6. The van der Waals surface area contributed by atoms with E-state index in [4.69, 9.17) is 9.47 Å². The third-order valence-corrected chi connectivity index (χ3v) is 4.75. The number of hydrogen-bond donors (Lipinski definition) is 2. The van der Waals surface area contributed by atoms with E-state index in [9.17, 15) is 14.4 Å². The number of carbonyl (C=O) groups is 3. The molecule has 3 rings (SSSR count). The molecule has 148 valence electrons. The summed E-state index contributed by atoms with van der Waals surface area (Å²) >= 11 is 1.54. The minimum atomic E-state index is -1.11. The van der Waals surface area contributed by atoms with Gasteiger partial charge in [-0.3, -0.25) is 10.1 Å². The van der Waals surface area contributed by atoms with E-state index in [2.05, 4.69) is 15.6 Å². The van der Waals surface area contributed by atoms with Gasteiger partial charge in [0.1, 0.15) is 12.4 Å². The van der Waals surface area contributed by atoms with Gasteiger partial charge in [0.2, 0.25) is 0 Å². The number of aromatic nitrogens is 1. The first-order chi connectivity index (χ1) is 13.4. The fourth-order valence-electron chi connectivity index (χ4n) is 2.29. The lowest BCUT2D eigenvalue weighted by molar-refractivity contribution is -0.127. The first-order valence-electron chi connectivity index (χ1n) is 8.87. The second kappa shape index (κ2) is 8.83. The molecule has 1 aromatic heterocycles. The SMILES string of the molecule is Cc1nc(COc2cccc(C(=O)OC(C)C(=O)NC(=O)NC3CC3)c2)cs1. The van der Waals surface area contributed by atoms with Crippen LogP contribution in [0.4, 0.5) is 4.79 Å². The summed E-state index contributed by atoms with van der Waals surface area (Å²) in [5.74, 6) is -0.876. The Morgan fingerprint density at radius 3 is 2.79 bits per heavy atom. The van der Waals surface area contributed by atoms with Crippen LogP contribution in [-0.4, -0.2) is 35.0 Å². The first kappa shape index (κ1) is 19.8. The number of thiazole rings is 1. The Hall–Kier alpha value is -2.94. The highest BCUT2D eigenvalue weighted by molar-refractivity contribution is 7.09. The normalized spacial score (nSPS) is 14.1. The highest BCUT2D eigenvalue weighted by atomic mass is 32.1. The van der Waals surface area contributed by atoms with Gasteiger partial charge in [0.15, 0.2) is 6.10 Å². The van der Waals surface area contributed by atoms with Crippen molar-refractivity contribution in [3.8, 4) is 5.75 Å². The van der Waals surface area contributed by atoms with Gasteiger partial charge in [-0.2, -0.15) is 0 Å². The molecular weight excluding hydrogens is 382 g/mol. The lowest BCUT2D eigenvalue weighted by atomic mass is 10.2. The van der Waals surface area contributed by atoms with Crippen molar-refractivity contribution in [2.75, 3.05) is 0 Å². The van der Waals surface area contributed by atoms with Crippen LogP contribution in [0.1, 0.15) is 40.8 Å². The summed E-state index contributed by atoms with van der Waals surface area (Å²) in [5, 5.41) is 7.65. The number of rotatable bonds is 7. The molecule has 1 atom stereocenters. The standard InChI is InChI=1S/C19H21N3O5S/c1-11(17(23)22-19(25)21-14-6-7-14)27-18(24)13-4-3-5-16(8-13)26-9-15-10-28-12(2)20-15/h3-5,8,10-11,14H,6-7,9H2,1-2H3,(H2,21,22,23,25). The van der Waals surface area contributed by atoms with E-state index in [-0.39, 0.29) is 18.2 Å². The summed E-state index contributed by atoms with van der Waals surface area (Å²) in [6.45, 7) is 3.61. The lowest BCUT2D eigenvalue weighted by Crippen LogP contribution is -2.45. The highest BCUT2D eigenvalue weighted by Crippen LogP contribution is 2.19. The molecule has 9 heteroatoms. The van der Waals surface area contributed by atoms with E-state index in [0.717, 1.165) is 23.5 Å². The molecule has 0 aliphatic heterocycles. The number of aryl methyl sites for hydroxylation is 1. The molecule has 1 aliphatic rings. The van der Waals surface area contributed by atoms with Crippen LogP contribution in [0.5, 0.6) is 5.75 Å². The number of urea groups is 1. The van der Waals surface area contributed by atoms with Gasteiger partial charge in [-0.25, -0.2) is 14.6 Å². The number of amides is 3. The largest absolute Gasteiger partial charge is 0.487 e. The van der Waals surface area contributed by atoms with Crippen LogP contribution < -0.4 is 15.4 Å². The average molecular weight is 403 g/mol. The van der Waals surface area contributed by atoms with Gasteiger partial charge >= 0.3 is 12.0 Å². The van der Waals surface area contributed by atoms with E-state index in [1.807, 2.05) is 12.3 Å². The first-order valence-corrected chi connectivity index (χ1v) is 9.75. The van der Waals surface area contributed by atoms with Gasteiger partial charge in [-0.05, 0) is 44.9 Å². The van der Waals surface area contributed by atoms with Crippen molar-refractivity contribution in [1.82, 2.24) is 15.6 Å². The van der Waals surface area contributed by atoms with Crippen LogP contribution in [0.3, 0.4) is 0 Å². The van der Waals surface area contributed by atoms with Crippen LogP contribution in [0.15, 0.2) is 29.6 Å². The van der Waals surface area contributed by atoms with E-state index < -0.39 is 24.0 Å². The highest BCUT2D eigenvalue weighted by Gasteiger charge is 2.26. The summed E-state index contributed by atoms with van der Waals surface area (Å²) in [4.78, 5) is 40.2. The summed E-state index contributed by atoms with van der Waals surface area (Å²) in [6.07, 6.45) is 0.708. The van der Waals surface area contributed by atoms with E-state index >= 15 is 0 Å². The van der Waals surface area contributed by atoms with Crippen LogP contribution in [0, 0.1) is 6.92 Å². The molecule has 1 aliphatic carbocycles. The van der Waals surface area contributed by atoms with E-state index in [1.54, 1.807) is 18.2 Å². The average Bonchev–Trinajstić information content (AvgIpc) is 3.38. The summed E-state index contributed by atoms with van der Waals surface area (Å²) in [5.41, 5.74) is 1.05. The fraction of sp³-hybridized carbons (Fsp3) is 0.368. The zero-order chi connectivity index (χ0) is 20.1. The van der Waals surface area contributed by atoms with Crippen molar-refractivity contribution in [3.63, 3.8) is 0 Å². The second-order valence-electron chi connectivity index (χ2n) is 6.46. The Balaban J connectivity index is 1.51. The Labute approximate surface area is 166 Å². The van der Waals surface area contributed by atoms with Gasteiger partial charge in [0.25, 0.3) is 5.91 Å². The third-order valence-electron chi connectivity index (χ3n) is 3.93. The molecule has 1 heterocycles. The smallest absolute Gasteiger partial charge is 0.339 e. The molecule has 0 bridgehead atoms. The van der Waals surface area contributed by atoms with Gasteiger partial charge in [-0.15, -0.1) is 11.3 Å². The molecule has 1 aromatic carbocycles. The maximum Gasteiger partial charge on any atom is 0.339 e. The Bertz CT molecular complexity index is 878. The number of esters is 1. The van der Waals surface area contributed by atoms with Crippen LogP contribution in [0.25, 0.3) is 0 Å². The Kier molecular flexibility index (Phi) is 6.25. The lowest BCUT2D eigenvalue weighted by Gasteiger charge is -2.13. The van der Waals surface area contributed by atoms with Gasteiger partial charge in [0, 0.05) is 11.4 Å². The molecule has 2 aromatic rings. The Morgan fingerprint density at radius 1 is 1.32 bits per heavy atom. The van der Waals surface area contributed by atoms with E-state index in [1.165, 1.54) is 24.3 Å². The van der Waals surface area contributed by atoms with Crippen LogP contribution in [0.2, 0.25) is 0 Å². The molecule has 3 amide bonds. The predicted molar refractivity (Wildman–Crippen MR) is 102 cm³/mol. The van der Waals surface area contributed by atoms with Crippen molar-refractivity contribution in [2.24, 2.45) is 0 Å². The number of nitrogens with zero attached hydrogens (tertiary/aromatic N) is 1. The fourth-order valence-corrected chi connectivity index (χ4v) is 2.89. The van der Waals surface area contributed by atoms with Crippen molar-refractivity contribution in [3.05, 3.63) is 45.9 Å².